The average Bonchev–Trinajstić information content (AvgIpc) is 2.11. The molecule has 0 bridgehead atoms. The third-order valence-electron chi connectivity index (χ3n) is 2.39. The van der Waals surface area contributed by atoms with E-state index in [0.717, 1.165) is 0 Å². The number of nitrogens with one attached hydrogen (secondary N) is 1. The van der Waals surface area contributed by atoms with Crippen molar-refractivity contribution in [1.29, 1.82) is 0 Å². The first-order chi connectivity index (χ1) is 7.41. The average molecular weight is 184 g/mol. The zero-order valence-corrected chi connectivity index (χ0v) is 7.01. The number of ether oxygens (including phenoxy) is 1. The third kappa shape index (κ3) is 1.34. The van der Waals surface area contributed by atoms with E-state index in [9.17, 15) is 4.39 Å². The summed E-state index contributed by atoms with van der Waals surface area (Å²) in [5, 5.41) is 2.97. The molecular formula is C10H12FNO. The smallest absolute Gasteiger partial charge is 0.123 e. The predicted molar refractivity (Wildman–Crippen MR) is 48.0 cm³/mol. The molecule has 0 atom stereocenters. The fraction of sp³-hybridized carbons (Fsp3) is 0.400. The van der Waals surface area contributed by atoms with E-state index in [1.54, 1.807) is 12.1 Å². The van der Waals surface area contributed by atoms with Crippen LogP contribution in [-0.4, -0.2) is 20.1 Å². The molecule has 0 saturated carbocycles. The zero-order chi connectivity index (χ0) is 11.8. The van der Waals surface area contributed by atoms with Gasteiger partial charge in [0.1, 0.15) is 11.4 Å². The Morgan fingerprint density at radius 3 is 2.62 bits per heavy atom. The van der Waals surface area contributed by atoms with E-state index in [4.69, 9.17) is 8.85 Å². The predicted octanol–water partition coefficient (Wildman–Crippen LogP) is 1.27. The molecule has 1 aromatic rings. The Kier molecular flexibility index (Phi) is 1.36. The van der Waals surface area contributed by atoms with E-state index in [0.29, 0.717) is 18.7 Å². The normalized spacial score (nSPS) is 23.9. The van der Waals surface area contributed by atoms with Crippen LogP contribution in [0.2, 0.25) is 0 Å². The molecule has 3 heteroatoms. The maximum absolute atomic E-state index is 12.8. The fourth-order valence-corrected chi connectivity index (χ4v) is 1.44. The number of methoxy groups -OCH3 is 1. The van der Waals surface area contributed by atoms with Crippen molar-refractivity contribution < 1.29 is 13.2 Å². The molecule has 0 spiro atoms. The second kappa shape index (κ2) is 3.09. The van der Waals surface area contributed by atoms with Crippen molar-refractivity contribution in [2.45, 2.75) is 5.60 Å². The molecule has 2 rings (SSSR count). The molecular weight excluding hydrogens is 169 g/mol. The summed E-state index contributed by atoms with van der Waals surface area (Å²) in [6, 6.07) is 5.72. The van der Waals surface area contributed by atoms with Crippen molar-refractivity contribution in [3.8, 4) is 0 Å². The summed E-state index contributed by atoms with van der Waals surface area (Å²) < 4.78 is 39.2. The van der Waals surface area contributed by atoms with Gasteiger partial charge in [0.05, 0.1) is 4.11 Å². The van der Waals surface area contributed by atoms with Crippen molar-refractivity contribution >= 4 is 0 Å². The zero-order valence-electron chi connectivity index (χ0n) is 10.0. The van der Waals surface area contributed by atoms with Crippen LogP contribution in [0.3, 0.4) is 0 Å². The molecule has 1 aliphatic heterocycles. The van der Waals surface area contributed by atoms with Gasteiger partial charge in [-0.15, -0.1) is 0 Å². The lowest BCUT2D eigenvalue weighted by atomic mass is 9.88. The van der Waals surface area contributed by atoms with E-state index in [1.807, 2.05) is 0 Å². The summed E-state index contributed by atoms with van der Waals surface area (Å²) in [5.74, 6) is -0.347. The van der Waals surface area contributed by atoms with E-state index in [2.05, 4.69) is 5.32 Å². The van der Waals surface area contributed by atoms with Gasteiger partial charge in [-0.05, 0) is 17.7 Å². The number of hydrogen-bond donors (Lipinski definition) is 1. The van der Waals surface area contributed by atoms with Crippen LogP contribution in [0.4, 0.5) is 4.39 Å². The summed E-state index contributed by atoms with van der Waals surface area (Å²) in [4.78, 5) is 0. The number of benzene rings is 1. The highest BCUT2D eigenvalue weighted by atomic mass is 19.1. The van der Waals surface area contributed by atoms with Gasteiger partial charge >= 0.3 is 0 Å². The van der Waals surface area contributed by atoms with Crippen LogP contribution in [0.1, 0.15) is 9.68 Å². The van der Waals surface area contributed by atoms with Gasteiger partial charge in [-0.2, -0.15) is 0 Å². The van der Waals surface area contributed by atoms with Crippen LogP contribution in [0.25, 0.3) is 0 Å². The highest BCUT2D eigenvalue weighted by molar-refractivity contribution is 5.26. The van der Waals surface area contributed by atoms with Crippen LogP contribution in [0, 0.1) is 5.82 Å². The fourth-order valence-electron chi connectivity index (χ4n) is 1.44. The van der Waals surface area contributed by atoms with Crippen LogP contribution in [-0.2, 0) is 10.3 Å². The molecule has 1 fully saturated rings. The SMILES string of the molecule is [2H]C([2H])([2H])OC1(c2ccc(F)cc2)CNC1. The van der Waals surface area contributed by atoms with Gasteiger partial charge in [0.2, 0.25) is 0 Å². The van der Waals surface area contributed by atoms with Crippen molar-refractivity contribution in [3.63, 3.8) is 0 Å². The molecule has 2 nitrogen and oxygen atoms in total. The lowest BCUT2D eigenvalue weighted by Gasteiger charge is -2.41. The maximum atomic E-state index is 12.8. The molecule has 1 heterocycles. The van der Waals surface area contributed by atoms with Gasteiger partial charge in [-0.3, -0.25) is 0 Å². The second-order valence-electron chi connectivity index (χ2n) is 3.21. The van der Waals surface area contributed by atoms with Crippen LogP contribution in [0.5, 0.6) is 0 Å². The topological polar surface area (TPSA) is 21.3 Å². The molecule has 1 aliphatic rings. The van der Waals surface area contributed by atoms with Crippen LogP contribution < -0.4 is 5.32 Å². The highest BCUT2D eigenvalue weighted by Crippen LogP contribution is 2.28. The largest absolute Gasteiger partial charge is 0.371 e. The first-order valence-electron chi connectivity index (χ1n) is 5.58. The lowest BCUT2D eigenvalue weighted by molar-refractivity contribution is -0.0565. The monoisotopic (exact) mass is 184 g/mol. The summed E-state index contributed by atoms with van der Waals surface area (Å²) in [6.07, 6.45) is 0. The van der Waals surface area contributed by atoms with Gasteiger partial charge in [0.15, 0.2) is 0 Å². The molecule has 13 heavy (non-hydrogen) atoms. The Hall–Kier alpha value is -0.930. The molecule has 1 N–H and O–H groups in total. The van der Waals surface area contributed by atoms with E-state index < -0.39 is 12.6 Å². The summed E-state index contributed by atoms with van der Waals surface area (Å²) in [7, 11) is -2.45. The summed E-state index contributed by atoms with van der Waals surface area (Å²) in [6.45, 7) is 0.855. The molecule has 0 radical (unpaired) electrons. The molecule has 0 unspecified atom stereocenters. The van der Waals surface area contributed by atoms with Crippen molar-refractivity contribution in [2.24, 2.45) is 0 Å². The van der Waals surface area contributed by atoms with Gasteiger partial charge in [-0.25, -0.2) is 4.39 Å². The molecule has 1 aromatic carbocycles. The Balaban J connectivity index is 2.24. The van der Waals surface area contributed by atoms with Gasteiger partial charge < -0.3 is 10.1 Å². The molecule has 0 aromatic heterocycles. The minimum absolute atomic E-state index is 0.347. The highest BCUT2D eigenvalue weighted by Gasteiger charge is 2.38. The minimum Gasteiger partial charge on any atom is -0.371 e. The molecule has 70 valence electrons. The lowest BCUT2D eigenvalue weighted by Crippen LogP contribution is -2.57. The quantitative estimate of drug-likeness (QED) is 0.747. The number of hydrogen-bond acceptors (Lipinski definition) is 2. The van der Waals surface area contributed by atoms with Crippen LogP contribution >= 0.6 is 0 Å². The summed E-state index contributed by atoms with van der Waals surface area (Å²) in [5.41, 5.74) is -0.164. The minimum atomic E-state index is -2.45. The summed E-state index contributed by atoms with van der Waals surface area (Å²) >= 11 is 0. The first-order valence-corrected chi connectivity index (χ1v) is 4.08. The van der Waals surface area contributed by atoms with E-state index >= 15 is 0 Å². The Morgan fingerprint density at radius 2 is 2.15 bits per heavy atom. The van der Waals surface area contributed by atoms with Crippen molar-refractivity contribution in [2.75, 3.05) is 20.1 Å². The molecule has 0 amide bonds. The van der Waals surface area contributed by atoms with E-state index in [-0.39, 0.29) is 5.82 Å². The Morgan fingerprint density at radius 1 is 1.46 bits per heavy atom. The number of rotatable bonds is 2. The Labute approximate surface area is 80.9 Å². The second-order valence-corrected chi connectivity index (χ2v) is 3.21. The first kappa shape index (κ1) is 5.73. The van der Waals surface area contributed by atoms with Crippen molar-refractivity contribution in [3.05, 3.63) is 35.6 Å². The Bertz CT molecular complexity index is 373. The third-order valence-corrected chi connectivity index (χ3v) is 2.39. The molecule has 0 aliphatic carbocycles. The standard InChI is InChI=1S/C10H12FNO/c1-13-10(6-12-7-10)8-2-4-9(11)5-3-8/h2-5,12H,6-7H2,1H3/i1D3. The maximum Gasteiger partial charge on any atom is 0.123 e. The van der Waals surface area contributed by atoms with Gasteiger partial charge in [0, 0.05) is 20.1 Å². The molecule has 1 saturated heterocycles. The van der Waals surface area contributed by atoms with Gasteiger partial charge in [-0.1, -0.05) is 12.1 Å². The van der Waals surface area contributed by atoms with Crippen molar-refractivity contribution in [1.82, 2.24) is 5.32 Å². The van der Waals surface area contributed by atoms with E-state index in [1.165, 1.54) is 12.1 Å². The van der Waals surface area contributed by atoms with Crippen LogP contribution in [0.15, 0.2) is 24.3 Å². The number of halogens is 1. The van der Waals surface area contributed by atoms with Gasteiger partial charge in [0.25, 0.3) is 0 Å².